The largest absolute Gasteiger partial charge is 0.478 e. The summed E-state index contributed by atoms with van der Waals surface area (Å²) in [5, 5.41) is 14.4. The number of nitrogens with zero attached hydrogens (tertiary/aromatic N) is 3. The van der Waals surface area contributed by atoms with Crippen LogP contribution in [0.4, 0.5) is 0 Å². The van der Waals surface area contributed by atoms with Crippen LogP contribution in [0.25, 0.3) is 27.7 Å². The fourth-order valence-corrected chi connectivity index (χ4v) is 2.71. The maximum Gasteiger partial charge on any atom is 0.335 e. The minimum Gasteiger partial charge on any atom is -0.478 e. The summed E-state index contributed by atoms with van der Waals surface area (Å²) in [7, 11) is 0. The quantitative estimate of drug-likeness (QED) is 0.624. The van der Waals surface area contributed by atoms with Crippen LogP contribution in [-0.4, -0.2) is 25.8 Å². The molecule has 0 aliphatic heterocycles. The molecule has 2 heterocycles. The number of hydrogen-bond acceptors (Lipinski definition) is 3. The third kappa shape index (κ3) is 2.42. The van der Waals surface area contributed by atoms with Crippen molar-refractivity contribution in [3.05, 3.63) is 78.8 Å². The number of rotatable bonds is 3. The van der Waals surface area contributed by atoms with E-state index >= 15 is 0 Å². The zero-order valence-corrected chi connectivity index (χ0v) is 12.6. The van der Waals surface area contributed by atoms with Crippen LogP contribution in [-0.2, 0) is 0 Å². The van der Waals surface area contributed by atoms with Gasteiger partial charge < -0.3 is 5.11 Å². The van der Waals surface area contributed by atoms with Gasteiger partial charge in [-0.3, -0.25) is 4.98 Å². The van der Waals surface area contributed by atoms with Gasteiger partial charge in [0.25, 0.3) is 0 Å². The minimum absolute atomic E-state index is 0.256. The van der Waals surface area contributed by atoms with Crippen molar-refractivity contribution in [2.75, 3.05) is 0 Å². The number of hydrogen-bond donors (Lipinski definition) is 1. The molecule has 0 bridgehead atoms. The van der Waals surface area contributed by atoms with Gasteiger partial charge in [-0.25, -0.2) is 9.48 Å². The minimum atomic E-state index is -0.939. The van der Waals surface area contributed by atoms with Crippen LogP contribution >= 0.6 is 0 Å². The zero-order valence-electron chi connectivity index (χ0n) is 12.6. The SMILES string of the molecule is O=C(O)c1ccc(-n2cc(-c3ccnc4ccccc34)cn2)cc1. The van der Waals surface area contributed by atoms with Crippen molar-refractivity contribution >= 4 is 16.9 Å². The fourth-order valence-electron chi connectivity index (χ4n) is 2.71. The second-order valence-electron chi connectivity index (χ2n) is 5.40. The van der Waals surface area contributed by atoms with E-state index in [2.05, 4.69) is 10.1 Å². The molecule has 24 heavy (non-hydrogen) atoms. The average molecular weight is 315 g/mol. The van der Waals surface area contributed by atoms with Gasteiger partial charge in [0.1, 0.15) is 0 Å². The van der Waals surface area contributed by atoms with E-state index in [0.717, 1.165) is 27.7 Å². The molecule has 0 radical (unpaired) electrons. The summed E-state index contributed by atoms with van der Waals surface area (Å²) >= 11 is 0. The second-order valence-corrected chi connectivity index (χ2v) is 5.40. The van der Waals surface area contributed by atoms with Crippen LogP contribution < -0.4 is 0 Å². The number of aromatic carboxylic acids is 1. The lowest BCUT2D eigenvalue weighted by atomic mass is 10.0. The average Bonchev–Trinajstić information content (AvgIpc) is 3.11. The van der Waals surface area contributed by atoms with E-state index in [-0.39, 0.29) is 5.56 Å². The van der Waals surface area contributed by atoms with Crippen molar-refractivity contribution < 1.29 is 9.90 Å². The Balaban J connectivity index is 1.75. The van der Waals surface area contributed by atoms with Crippen molar-refractivity contribution in [3.63, 3.8) is 0 Å². The van der Waals surface area contributed by atoms with Gasteiger partial charge in [0.05, 0.1) is 23.0 Å². The van der Waals surface area contributed by atoms with E-state index in [9.17, 15) is 4.79 Å². The molecule has 0 aliphatic carbocycles. The molecular formula is C19H13N3O2. The second kappa shape index (κ2) is 5.62. The Labute approximate surface area is 137 Å². The van der Waals surface area contributed by atoms with Crippen LogP contribution in [0.15, 0.2) is 73.2 Å². The van der Waals surface area contributed by atoms with Crippen molar-refractivity contribution in [1.82, 2.24) is 14.8 Å². The number of fused-ring (bicyclic) bond motifs is 1. The lowest BCUT2D eigenvalue weighted by Crippen LogP contribution is -1.98. The topological polar surface area (TPSA) is 68.0 Å². The first-order chi connectivity index (χ1) is 11.7. The fraction of sp³-hybridized carbons (Fsp3) is 0. The first kappa shape index (κ1) is 14.1. The maximum absolute atomic E-state index is 10.9. The molecule has 116 valence electrons. The molecular weight excluding hydrogens is 302 g/mol. The van der Waals surface area contributed by atoms with Crippen LogP contribution in [0, 0.1) is 0 Å². The highest BCUT2D eigenvalue weighted by molar-refractivity contribution is 5.94. The summed E-state index contributed by atoms with van der Waals surface area (Å²) in [6.07, 6.45) is 5.51. The number of para-hydroxylation sites is 1. The number of carbonyl (C=O) groups is 1. The number of pyridine rings is 1. The molecule has 2 aromatic carbocycles. The molecule has 4 aromatic rings. The molecule has 1 N–H and O–H groups in total. The predicted octanol–water partition coefficient (Wildman–Crippen LogP) is 3.79. The van der Waals surface area contributed by atoms with Crippen LogP contribution in [0.5, 0.6) is 0 Å². The standard InChI is InChI=1S/C19H13N3O2/c23-19(24)13-5-7-15(8-6-13)22-12-14(11-21-22)16-9-10-20-18-4-2-1-3-17(16)18/h1-12H,(H,23,24). The first-order valence-electron chi connectivity index (χ1n) is 7.45. The third-order valence-corrected chi connectivity index (χ3v) is 3.92. The summed E-state index contributed by atoms with van der Waals surface area (Å²) < 4.78 is 1.73. The maximum atomic E-state index is 10.9. The Morgan fingerprint density at radius 3 is 2.58 bits per heavy atom. The summed E-state index contributed by atoms with van der Waals surface area (Å²) in [4.78, 5) is 15.3. The van der Waals surface area contributed by atoms with Gasteiger partial charge in [-0.05, 0) is 42.0 Å². The molecule has 0 amide bonds. The van der Waals surface area contributed by atoms with Gasteiger partial charge in [0.15, 0.2) is 0 Å². The van der Waals surface area contributed by atoms with Gasteiger partial charge in [-0.2, -0.15) is 5.10 Å². The molecule has 0 unspecified atom stereocenters. The van der Waals surface area contributed by atoms with E-state index < -0.39 is 5.97 Å². The van der Waals surface area contributed by atoms with Crippen LogP contribution in [0.1, 0.15) is 10.4 Å². The summed E-state index contributed by atoms with van der Waals surface area (Å²) in [5.41, 5.74) is 4.05. The van der Waals surface area contributed by atoms with Gasteiger partial charge in [-0.15, -0.1) is 0 Å². The lowest BCUT2D eigenvalue weighted by Gasteiger charge is -2.04. The first-order valence-corrected chi connectivity index (χ1v) is 7.45. The van der Waals surface area contributed by atoms with E-state index in [1.165, 1.54) is 0 Å². The Morgan fingerprint density at radius 2 is 1.79 bits per heavy atom. The van der Waals surface area contributed by atoms with Gasteiger partial charge in [-0.1, -0.05) is 18.2 Å². The smallest absolute Gasteiger partial charge is 0.335 e. The van der Waals surface area contributed by atoms with E-state index in [0.29, 0.717) is 0 Å². The number of benzene rings is 2. The Kier molecular flexibility index (Phi) is 3.31. The summed E-state index contributed by atoms with van der Waals surface area (Å²) in [6, 6.07) is 16.6. The van der Waals surface area contributed by atoms with Crippen LogP contribution in [0.3, 0.4) is 0 Å². The number of carboxylic acids is 1. The molecule has 4 rings (SSSR count). The van der Waals surface area contributed by atoms with Gasteiger partial charge >= 0.3 is 5.97 Å². The van der Waals surface area contributed by atoms with E-state index in [1.54, 1.807) is 41.3 Å². The summed E-state index contributed by atoms with van der Waals surface area (Å²) in [5.74, 6) is -0.939. The van der Waals surface area contributed by atoms with Crippen molar-refractivity contribution in [1.29, 1.82) is 0 Å². The molecule has 5 heteroatoms. The highest BCUT2D eigenvalue weighted by Crippen LogP contribution is 2.27. The molecule has 0 spiro atoms. The Hall–Kier alpha value is -3.47. The monoisotopic (exact) mass is 315 g/mol. The lowest BCUT2D eigenvalue weighted by molar-refractivity contribution is 0.0697. The zero-order chi connectivity index (χ0) is 16.5. The molecule has 0 fully saturated rings. The van der Waals surface area contributed by atoms with Gasteiger partial charge in [0.2, 0.25) is 0 Å². The molecule has 0 aliphatic rings. The third-order valence-electron chi connectivity index (χ3n) is 3.92. The molecule has 0 atom stereocenters. The molecule has 5 nitrogen and oxygen atoms in total. The molecule has 0 saturated carbocycles. The van der Waals surface area contributed by atoms with E-state index in [1.807, 2.05) is 36.5 Å². The highest BCUT2D eigenvalue weighted by Gasteiger charge is 2.08. The summed E-state index contributed by atoms with van der Waals surface area (Å²) in [6.45, 7) is 0. The predicted molar refractivity (Wildman–Crippen MR) is 91.3 cm³/mol. The Morgan fingerprint density at radius 1 is 1.00 bits per heavy atom. The van der Waals surface area contributed by atoms with E-state index in [4.69, 9.17) is 5.11 Å². The Bertz CT molecular complexity index is 1030. The molecule has 0 saturated heterocycles. The van der Waals surface area contributed by atoms with Crippen molar-refractivity contribution in [2.24, 2.45) is 0 Å². The van der Waals surface area contributed by atoms with Crippen molar-refractivity contribution in [2.45, 2.75) is 0 Å². The normalized spacial score (nSPS) is 10.8. The van der Waals surface area contributed by atoms with Crippen LogP contribution in [0.2, 0.25) is 0 Å². The molecule has 2 aromatic heterocycles. The van der Waals surface area contributed by atoms with Crippen molar-refractivity contribution in [3.8, 4) is 16.8 Å². The highest BCUT2D eigenvalue weighted by atomic mass is 16.4. The van der Waals surface area contributed by atoms with Gasteiger partial charge in [0, 0.05) is 23.3 Å². The number of carboxylic acid groups (broad SMARTS) is 1. The number of aromatic nitrogens is 3.